The van der Waals surface area contributed by atoms with Gasteiger partial charge in [-0.15, -0.1) is 0 Å². The number of rotatable bonds is 4. The van der Waals surface area contributed by atoms with Crippen molar-refractivity contribution in [3.05, 3.63) is 28.2 Å². The number of carbonyl (C=O) groups excluding carboxylic acids is 1. The van der Waals surface area contributed by atoms with Gasteiger partial charge in [-0.05, 0) is 33.6 Å². The number of halogens is 1. The summed E-state index contributed by atoms with van der Waals surface area (Å²) in [6.45, 7) is 1.41. The molecule has 5 heteroatoms. The monoisotopic (exact) mass is 314 g/mol. The second-order valence-corrected chi connectivity index (χ2v) is 4.90. The van der Waals surface area contributed by atoms with Crippen LogP contribution in [0.3, 0.4) is 0 Å². The summed E-state index contributed by atoms with van der Waals surface area (Å²) < 4.78 is 16.6. The number of hydrogen-bond acceptors (Lipinski definition) is 4. The number of benzene rings is 1. The number of ketones is 1. The van der Waals surface area contributed by atoms with Gasteiger partial charge in [-0.25, -0.2) is 0 Å². The second-order valence-electron chi connectivity index (χ2n) is 4.05. The van der Waals surface area contributed by atoms with E-state index >= 15 is 0 Å². The van der Waals surface area contributed by atoms with Gasteiger partial charge in [0.05, 0.1) is 31.4 Å². The molecule has 1 fully saturated rings. The number of Topliss-reactive ketones (excluding diaryl/α,β-unsaturated/α-hetero) is 1. The van der Waals surface area contributed by atoms with Crippen LogP contribution >= 0.6 is 15.9 Å². The molecule has 0 amide bonds. The first-order valence-electron chi connectivity index (χ1n) is 5.75. The highest BCUT2D eigenvalue weighted by molar-refractivity contribution is 9.10. The molecular formula is C13H15BrO4. The summed E-state index contributed by atoms with van der Waals surface area (Å²) in [5, 5.41) is 0. The van der Waals surface area contributed by atoms with Crippen molar-refractivity contribution in [2.24, 2.45) is 0 Å². The van der Waals surface area contributed by atoms with Gasteiger partial charge >= 0.3 is 0 Å². The third-order valence-electron chi connectivity index (χ3n) is 2.77. The van der Waals surface area contributed by atoms with Gasteiger partial charge in [0.25, 0.3) is 0 Å². The summed E-state index contributed by atoms with van der Waals surface area (Å²) in [4.78, 5) is 12.0. The fourth-order valence-electron chi connectivity index (χ4n) is 1.81. The third kappa shape index (κ3) is 3.31. The van der Waals surface area contributed by atoms with E-state index in [0.29, 0.717) is 26.2 Å². The molecule has 18 heavy (non-hydrogen) atoms. The van der Waals surface area contributed by atoms with Gasteiger partial charge < -0.3 is 14.2 Å². The Bertz CT molecular complexity index is 427. The standard InChI is InChI=1S/C13H15BrO4/c1-16-12-3-2-9(6-10(12)14)7-11(15)13-8-17-4-5-18-13/h2-3,6,13H,4-5,7-8H2,1H3. The molecule has 1 unspecified atom stereocenters. The Morgan fingerprint density at radius 2 is 2.33 bits per heavy atom. The summed E-state index contributed by atoms with van der Waals surface area (Å²) >= 11 is 3.40. The number of ether oxygens (including phenoxy) is 3. The molecule has 0 radical (unpaired) electrons. The molecule has 1 aliphatic rings. The molecule has 1 saturated heterocycles. The zero-order valence-electron chi connectivity index (χ0n) is 10.1. The largest absolute Gasteiger partial charge is 0.496 e. The Kier molecular flexibility index (Phi) is 4.74. The molecule has 2 rings (SSSR count). The Morgan fingerprint density at radius 1 is 1.50 bits per heavy atom. The first-order valence-corrected chi connectivity index (χ1v) is 6.54. The van der Waals surface area contributed by atoms with E-state index in [1.54, 1.807) is 7.11 Å². The molecule has 1 aliphatic heterocycles. The Morgan fingerprint density at radius 3 is 2.94 bits per heavy atom. The minimum absolute atomic E-state index is 0.0479. The van der Waals surface area contributed by atoms with Gasteiger partial charge in [0, 0.05) is 6.42 Å². The Labute approximate surface area is 114 Å². The van der Waals surface area contributed by atoms with E-state index in [1.165, 1.54) is 0 Å². The number of carbonyl (C=O) groups is 1. The van der Waals surface area contributed by atoms with Gasteiger partial charge in [-0.1, -0.05) is 6.07 Å². The molecule has 0 bridgehead atoms. The number of methoxy groups -OCH3 is 1. The Balaban J connectivity index is 2.00. The van der Waals surface area contributed by atoms with Crippen molar-refractivity contribution in [1.82, 2.24) is 0 Å². The molecule has 1 heterocycles. The molecule has 1 aromatic rings. The molecule has 98 valence electrons. The predicted molar refractivity (Wildman–Crippen MR) is 70.0 cm³/mol. The smallest absolute Gasteiger partial charge is 0.168 e. The van der Waals surface area contributed by atoms with E-state index < -0.39 is 6.10 Å². The fourth-order valence-corrected chi connectivity index (χ4v) is 2.40. The lowest BCUT2D eigenvalue weighted by Crippen LogP contribution is -2.36. The highest BCUT2D eigenvalue weighted by atomic mass is 79.9. The van der Waals surface area contributed by atoms with E-state index in [9.17, 15) is 4.79 Å². The van der Waals surface area contributed by atoms with Crippen LogP contribution in [0.15, 0.2) is 22.7 Å². The summed E-state index contributed by atoms with van der Waals surface area (Å²) in [7, 11) is 1.61. The molecule has 4 nitrogen and oxygen atoms in total. The maximum Gasteiger partial charge on any atom is 0.168 e. The predicted octanol–water partition coefficient (Wildman–Crippen LogP) is 1.98. The SMILES string of the molecule is COc1ccc(CC(=O)C2COCCO2)cc1Br. The van der Waals surface area contributed by atoms with Gasteiger partial charge in [0.1, 0.15) is 11.9 Å². The van der Waals surface area contributed by atoms with E-state index in [-0.39, 0.29) is 5.78 Å². The highest BCUT2D eigenvalue weighted by Gasteiger charge is 2.22. The molecule has 1 atom stereocenters. The van der Waals surface area contributed by atoms with Gasteiger partial charge in [-0.2, -0.15) is 0 Å². The van der Waals surface area contributed by atoms with Crippen LogP contribution in [0.25, 0.3) is 0 Å². The molecule has 0 saturated carbocycles. The third-order valence-corrected chi connectivity index (χ3v) is 3.39. The van der Waals surface area contributed by atoms with Crippen LogP contribution in [-0.4, -0.2) is 38.8 Å². The van der Waals surface area contributed by atoms with Crippen molar-refractivity contribution >= 4 is 21.7 Å². The summed E-state index contributed by atoms with van der Waals surface area (Å²) in [5.41, 5.74) is 0.932. The van der Waals surface area contributed by atoms with Crippen LogP contribution in [-0.2, 0) is 20.7 Å². The molecular weight excluding hydrogens is 300 g/mol. The van der Waals surface area contributed by atoms with Crippen molar-refractivity contribution in [2.45, 2.75) is 12.5 Å². The maximum atomic E-state index is 12.0. The van der Waals surface area contributed by atoms with E-state index in [1.807, 2.05) is 18.2 Å². The van der Waals surface area contributed by atoms with Crippen molar-refractivity contribution in [3.63, 3.8) is 0 Å². The van der Waals surface area contributed by atoms with Crippen LogP contribution in [0, 0.1) is 0 Å². The maximum absolute atomic E-state index is 12.0. The summed E-state index contributed by atoms with van der Waals surface area (Å²) in [6.07, 6.45) is -0.0870. The first-order chi connectivity index (χ1) is 8.70. The minimum atomic E-state index is -0.431. The van der Waals surface area contributed by atoms with Crippen LogP contribution in [0.2, 0.25) is 0 Å². The topological polar surface area (TPSA) is 44.8 Å². The zero-order chi connectivity index (χ0) is 13.0. The van der Waals surface area contributed by atoms with E-state index in [0.717, 1.165) is 15.8 Å². The number of hydrogen-bond donors (Lipinski definition) is 0. The summed E-state index contributed by atoms with van der Waals surface area (Å²) in [5.74, 6) is 0.801. The van der Waals surface area contributed by atoms with Crippen LogP contribution < -0.4 is 4.74 Å². The average molecular weight is 315 g/mol. The van der Waals surface area contributed by atoms with Gasteiger partial charge in [-0.3, -0.25) is 4.79 Å². The zero-order valence-corrected chi connectivity index (χ0v) is 11.7. The lowest BCUT2D eigenvalue weighted by atomic mass is 10.1. The van der Waals surface area contributed by atoms with Gasteiger partial charge in [0.15, 0.2) is 5.78 Å². The summed E-state index contributed by atoms with van der Waals surface area (Å²) in [6, 6.07) is 5.61. The highest BCUT2D eigenvalue weighted by Crippen LogP contribution is 2.26. The fraction of sp³-hybridized carbons (Fsp3) is 0.462. The molecule has 0 spiro atoms. The van der Waals surface area contributed by atoms with Crippen molar-refractivity contribution in [1.29, 1.82) is 0 Å². The molecule has 0 aromatic heterocycles. The van der Waals surface area contributed by atoms with Crippen LogP contribution in [0.1, 0.15) is 5.56 Å². The molecule has 0 N–H and O–H groups in total. The lowest BCUT2D eigenvalue weighted by Gasteiger charge is -2.21. The van der Waals surface area contributed by atoms with E-state index in [2.05, 4.69) is 15.9 Å². The molecule has 1 aromatic carbocycles. The van der Waals surface area contributed by atoms with Crippen molar-refractivity contribution in [3.8, 4) is 5.75 Å². The van der Waals surface area contributed by atoms with Gasteiger partial charge in [0.2, 0.25) is 0 Å². The molecule has 0 aliphatic carbocycles. The lowest BCUT2D eigenvalue weighted by molar-refractivity contribution is -0.144. The van der Waals surface area contributed by atoms with Crippen molar-refractivity contribution in [2.75, 3.05) is 26.9 Å². The average Bonchev–Trinajstić information content (AvgIpc) is 2.40. The minimum Gasteiger partial charge on any atom is -0.496 e. The van der Waals surface area contributed by atoms with Crippen LogP contribution in [0.5, 0.6) is 5.75 Å². The van der Waals surface area contributed by atoms with Crippen LogP contribution in [0.4, 0.5) is 0 Å². The normalized spacial score (nSPS) is 19.6. The second kappa shape index (κ2) is 6.31. The quantitative estimate of drug-likeness (QED) is 0.852. The van der Waals surface area contributed by atoms with E-state index in [4.69, 9.17) is 14.2 Å². The van der Waals surface area contributed by atoms with Crippen molar-refractivity contribution < 1.29 is 19.0 Å². The Hall–Kier alpha value is -0.910. The first kappa shape index (κ1) is 13.5.